The molecule has 176 valence electrons. The van der Waals surface area contributed by atoms with Crippen LogP contribution in [0.1, 0.15) is 25.0 Å². The van der Waals surface area contributed by atoms with Crippen LogP contribution >= 0.6 is 11.3 Å². The maximum atomic E-state index is 10.6. The van der Waals surface area contributed by atoms with Crippen LogP contribution in [0.2, 0.25) is 0 Å². The Labute approximate surface area is 196 Å². The molecule has 5 rings (SSSR count). The fourth-order valence-electron chi connectivity index (χ4n) is 5.10. The summed E-state index contributed by atoms with van der Waals surface area (Å²) < 4.78 is 19.5. The quantitative estimate of drug-likeness (QED) is 0.586. The summed E-state index contributed by atoms with van der Waals surface area (Å²) in [5.74, 6) is 0.128. The number of phenolic OH excluding ortho intramolecular Hbond substituents is 1. The van der Waals surface area contributed by atoms with Crippen molar-refractivity contribution in [2.75, 3.05) is 21.3 Å². The van der Waals surface area contributed by atoms with Gasteiger partial charge in [-0.15, -0.1) is 5.10 Å². The molecule has 0 amide bonds. The van der Waals surface area contributed by atoms with Gasteiger partial charge in [0.05, 0.1) is 29.2 Å². The molecule has 10 heteroatoms. The minimum absolute atomic E-state index is 0.00614. The topological polar surface area (TPSA) is 94.8 Å². The molecular weight excluding hydrogens is 442 g/mol. The lowest BCUT2D eigenvalue weighted by molar-refractivity contribution is -0.139. The molecule has 4 unspecified atom stereocenters. The third-order valence-electron chi connectivity index (χ3n) is 6.86. The Morgan fingerprint density at radius 3 is 2.36 bits per heavy atom. The zero-order chi connectivity index (χ0) is 23.1. The number of hydrogen-bond acceptors (Lipinski definition) is 9. The van der Waals surface area contributed by atoms with Gasteiger partial charge >= 0.3 is 0 Å². The number of aromatic nitrogens is 4. The summed E-state index contributed by atoms with van der Waals surface area (Å²) >= 11 is 1.34. The highest BCUT2D eigenvalue weighted by molar-refractivity contribution is 7.16. The SMILES string of the molecule is COC1CC(OC)C2CC(Oc3nnc(-c4ccc(-n5ccc(C)n5)cc4O)s3)CC1N2C. The molecule has 2 fully saturated rings. The average Bonchev–Trinajstić information content (AvgIpc) is 3.44. The molecule has 0 saturated carbocycles. The number of benzene rings is 1. The van der Waals surface area contributed by atoms with Crippen LogP contribution in [-0.2, 0) is 9.47 Å². The van der Waals surface area contributed by atoms with Crippen molar-refractivity contribution in [2.45, 2.75) is 56.6 Å². The summed E-state index contributed by atoms with van der Waals surface area (Å²) in [7, 11) is 5.67. The molecule has 2 aromatic heterocycles. The Morgan fingerprint density at radius 1 is 1.03 bits per heavy atom. The zero-order valence-corrected chi connectivity index (χ0v) is 20.0. The fourth-order valence-corrected chi connectivity index (χ4v) is 5.89. The third-order valence-corrected chi connectivity index (χ3v) is 7.70. The van der Waals surface area contributed by atoms with E-state index in [0.29, 0.717) is 15.8 Å². The summed E-state index contributed by atoms with van der Waals surface area (Å²) in [6.45, 7) is 1.93. The van der Waals surface area contributed by atoms with Gasteiger partial charge < -0.3 is 19.3 Å². The first-order chi connectivity index (χ1) is 16.0. The highest BCUT2D eigenvalue weighted by atomic mass is 32.1. The number of piperidine rings is 2. The molecule has 33 heavy (non-hydrogen) atoms. The largest absolute Gasteiger partial charge is 0.507 e. The van der Waals surface area contributed by atoms with E-state index in [1.54, 1.807) is 25.0 Å². The lowest BCUT2D eigenvalue weighted by Crippen LogP contribution is -2.63. The Morgan fingerprint density at radius 2 is 1.76 bits per heavy atom. The lowest BCUT2D eigenvalue weighted by Gasteiger charge is -2.52. The van der Waals surface area contributed by atoms with Crippen molar-refractivity contribution in [3.05, 3.63) is 36.2 Å². The number of likely N-dealkylation sites (N-methyl/N-ethyl adjacent to an activating group) is 1. The van der Waals surface area contributed by atoms with Gasteiger partial charge in [-0.25, -0.2) is 4.68 Å². The van der Waals surface area contributed by atoms with Crippen molar-refractivity contribution in [3.63, 3.8) is 0 Å². The molecule has 4 atom stereocenters. The first-order valence-corrected chi connectivity index (χ1v) is 11.9. The molecule has 2 aliphatic rings. The number of aromatic hydroxyl groups is 1. The molecule has 1 N–H and O–H groups in total. The second kappa shape index (κ2) is 9.02. The summed E-state index contributed by atoms with van der Waals surface area (Å²) in [5, 5.41) is 24.6. The third kappa shape index (κ3) is 4.23. The van der Waals surface area contributed by atoms with Gasteiger partial charge in [-0.1, -0.05) is 16.4 Å². The van der Waals surface area contributed by atoms with Gasteiger partial charge in [-0.2, -0.15) is 5.10 Å². The second-order valence-electron chi connectivity index (χ2n) is 8.77. The van der Waals surface area contributed by atoms with Crippen LogP contribution in [0, 0.1) is 6.92 Å². The number of nitrogens with zero attached hydrogens (tertiary/aromatic N) is 5. The number of phenols is 1. The average molecular weight is 472 g/mol. The molecule has 2 aliphatic heterocycles. The van der Waals surface area contributed by atoms with Gasteiger partial charge in [0.25, 0.3) is 5.19 Å². The first-order valence-electron chi connectivity index (χ1n) is 11.1. The number of rotatable bonds is 6. The molecule has 2 bridgehead atoms. The van der Waals surface area contributed by atoms with E-state index in [1.165, 1.54) is 11.3 Å². The van der Waals surface area contributed by atoms with Crippen LogP contribution in [0.25, 0.3) is 16.3 Å². The standard InChI is InChI=1S/C23H29N5O4S/c1-13-7-8-28(26-13)14-5-6-16(19(29)9-14)22-24-25-23(33-22)32-15-10-17-20(30-3)12-21(31-4)18(11-15)27(17)2/h5-9,15,17-18,20-21,29H,10-12H2,1-4H3. The Kier molecular flexibility index (Phi) is 6.09. The minimum atomic E-state index is 0.00614. The molecule has 9 nitrogen and oxygen atoms in total. The predicted octanol–water partition coefficient (Wildman–Crippen LogP) is 3.05. The molecule has 0 radical (unpaired) electrons. The predicted molar refractivity (Wildman–Crippen MR) is 124 cm³/mol. The van der Waals surface area contributed by atoms with Crippen molar-refractivity contribution in [1.29, 1.82) is 0 Å². The van der Waals surface area contributed by atoms with E-state index in [-0.39, 0.29) is 36.1 Å². The van der Waals surface area contributed by atoms with E-state index in [0.717, 1.165) is 30.6 Å². The van der Waals surface area contributed by atoms with Crippen molar-refractivity contribution in [3.8, 4) is 27.2 Å². The highest BCUT2D eigenvalue weighted by Gasteiger charge is 2.47. The number of fused-ring (bicyclic) bond motifs is 2. The molecule has 0 aliphatic carbocycles. The number of methoxy groups -OCH3 is 2. The normalized spacial score (nSPS) is 27.6. The summed E-state index contributed by atoms with van der Waals surface area (Å²) in [4.78, 5) is 2.37. The minimum Gasteiger partial charge on any atom is -0.507 e. The van der Waals surface area contributed by atoms with Crippen molar-refractivity contribution in [2.24, 2.45) is 0 Å². The van der Waals surface area contributed by atoms with E-state index in [9.17, 15) is 5.11 Å². The monoisotopic (exact) mass is 471 g/mol. The van der Waals surface area contributed by atoms with Gasteiger partial charge in [0, 0.05) is 57.8 Å². The van der Waals surface area contributed by atoms with Crippen molar-refractivity contribution in [1.82, 2.24) is 24.9 Å². The first kappa shape index (κ1) is 22.3. The number of aryl methyl sites for hydroxylation is 1. The highest BCUT2D eigenvalue weighted by Crippen LogP contribution is 2.39. The van der Waals surface area contributed by atoms with E-state index in [1.807, 2.05) is 31.3 Å². The zero-order valence-electron chi connectivity index (χ0n) is 19.2. The van der Waals surface area contributed by atoms with Gasteiger partial charge in [0.1, 0.15) is 11.9 Å². The van der Waals surface area contributed by atoms with Crippen LogP contribution in [0.3, 0.4) is 0 Å². The Bertz CT molecular complexity index is 1090. The van der Waals surface area contributed by atoms with Crippen LogP contribution in [0.5, 0.6) is 10.9 Å². The van der Waals surface area contributed by atoms with Crippen molar-refractivity contribution >= 4 is 11.3 Å². The van der Waals surface area contributed by atoms with Crippen LogP contribution in [0.4, 0.5) is 0 Å². The molecule has 0 spiro atoms. The van der Waals surface area contributed by atoms with Crippen LogP contribution in [0.15, 0.2) is 30.5 Å². The van der Waals surface area contributed by atoms with Gasteiger partial charge in [0.15, 0.2) is 5.01 Å². The maximum absolute atomic E-state index is 10.6. The van der Waals surface area contributed by atoms with E-state index >= 15 is 0 Å². The molecular formula is C23H29N5O4S. The molecule has 4 heterocycles. The summed E-state index contributed by atoms with van der Waals surface area (Å²) in [6, 6.07) is 7.88. The van der Waals surface area contributed by atoms with Gasteiger partial charge in [0.2, 0.25) is 0 Å². The van der Waals surface area contributed by atoms with E-state index in [2.05, 4.69) is 27.2 Å². The van der Waals surface area contributed by atoms with Gasteiger partial charge in [-0.05, 0) is 32.2 Å². The van der Waals surface area contributed by atoms with E-state index < -0.39 is 0 Å². The Balaban J connectivity index is 1.31. The Hall–Kier alpha value is -2.53. The van der Waals surface area contributed by atoms with Crippen molar-refractivity contribution < 1.29 is 19.3 Å². The van der Waals surface area contributed by atoms with E-state index in [4.69, 9.17) is 14.2 Å². The summed E-state index contributed by atoms with van der Waals surface area (Å²) in [5.41, 5.74) is 2.31. The fraction of sp³-hybridized carbons (Fsp3) is 0.522. The number of ether oxygens (including phenoxy) is 3. The molecule has 2 saturated heterocycles. The lowest BCUT2D eigenvalue weighted by atomic mass is 9.80. The van der Waals surface area contributed by atoms with Crippen LogP contribution < -0.4 is 4.74 Å². The summed E-state index contributed by atoms with van der Waals surface area (Å²) in [6.07, 6.45) is 4.71. The van der Waals surface area contributed by atoms with Crippen LogP contribution in [-0.4, -0.2) is 81.6 Å². The molecule has 1 aromatic carbocycles. The number of hydrogen-bond donors (Lipinski definition) is 1. The second-order valence-corrected chi connectivity index (χ2v) is 9.71. The van der Waals surface area contributed by atoms with Gasteiger partial charge in [-0.3, -0.25) is 4.90 Å². The molecule has 3 aromatic rings. The maximum Gasteiger partial charge on any atom is 0.294 e. The smallest absolute Gasteiger partial charge is 0.294 e.